The van der Waals surface area contributed by atoms with Gasteiger partial charge in [-0.05, 0) is 60.3 Å². The van der Waals surface area contributed by atoms with Gasteiger partial charge in [-0.2, -0.15) is 0 Å². The Morgan fingerprint density at radius 1 is 1.00 bits per heavy atom. The Labute approximate surface area is 160 Å². The Kier molecular flexibility index (Phi) is 6.05. The maximum Gasteiger partial charge on any atom is 0.127 e. The zero-order valence-electron chi connectivity index (χ0n) is 16.6. The van der Waals surface area contributed by atoms with E-state index in [9.17, 15) is 5.11 Å². The van der Waals surface area contributed by atoms with Crippen LogP contribution in [0.25, 0.3) is 0 Å². The van der Waals surface area contributed by atoms with Crippen molar-refractivity contribution in [1.82, 2.24) is 4.90 Å². The number of hydrogen-bond acceptors (Lipinski definition) is 2. The molecule has 0 amide bonds. The van der Waals surface area contributed by atoms with Gasteiger partial charge in [-0.1, -0.05) is 72.2 Å². The molecule has 0 radical (unpaired) electrons. The average molecular weight is 369 g/mol. The van der Waals surface area contributed by atoms with Gasteiger partial charge in [-0.15, -0.1) is 0 Å². The highest BCUT2D eigenvalue weighted by Crippen LogP contribution is 2.32. The molecular weight excluding hydrogens is 337 g/mol. The number of aromatic hydroxyl groups is 1. The summed E-state index contributed by atoms with van der Waals surface area (Å²) in [5, 5.41) is 13.3. The van der Waals surface area contributed by atoms with Crippen molar-refractivity contribution in [3.05, 3.63) is 53.1 Å². The maximum absolute atomic E-state index is 10.9. The van der Waals surface area contributed by atoms with Crippen LogP contribution >= 0.6 is 8.58 Å². The minimum absolute atomic E-state index is 0.0487. The van der Waals surface area contributed by atoms with Crippen LogP contribution in [0.4, 0.5) is 0 Å². The summed E-state index contributed by atoms with van der Waals surface area (Å²) in [6.07, 6.45) is 4.00. The van der Waals surface area contributed by atoms with Gasteiger partial charge in [0, 0.05) is 11.8 Å². The van der Waals surface area contributed by atoms with Gasteiger partial charge in [-0.25, -0.2) is 0 Å². The average Bonchev–Trinajstić information content (AvgIpc) is 2.59. The monoisotopic (exact) mass is 369 g/mol. The topological polar surface area (TPSA) is 23.5 Å². The Morgan fingerprint density at radius 2 is 1.69 bits per heavy atom. The zero-order valence-corrected chi connectivity index (χ0v) is 17.6. The molecule has 1 unspecified atom stereocenters. The summed E-state index contributed by atoms with van der Waals surface area (Å²) in [4.78, 5) is 2.58. The van der Waals surface area contributed by atoms with Crippen molar-refractivity contribution in [1.29, 1.82) is 0 Å². The largest absolute Gasteiger partial charge is 0.507 e. The molecule has 1 aliphatic heterocycles. The van der Waals surface area contributed by atoms with Gasteiger partial charge >= 0.3 is 0 Å². The van der Waals surface area contributed by atoms with Crippen molar-refractivity contribution in [2.45, 2.75) is 58.9 Å². The quantitative estimate of drug-likeness (QED) is 0.796. The smallest absolute Gasteiger partial charge is 0.127 e. The molecule has 1 saturated heterocycles. The van der Waals surface area contributed by atoms with Gasteiger partial charge in [-0.3, -0.25) is 4.90 Å². The minimum atomic E-state index is -0.0487. The molecule has 0 saturated carbocycles. The summed E-state index contributed by atoms with van der Waals surface area (Å²) in [5.74, 6) is 0.477. The van der Waals surface area contributed by atoms with E-state index in [1.54, 1.807) is 0 Å². The predicted octanol–water partition coefficient (Wildman–Crippen LogP) is 4.61. The van der Waals surface area contributed by atoms with E-state index in [4.69, 9.17) is 0 Å². The summed E-state index contributed by atoms with van der Waals surface area (Å²) < 4.78 is 0. The number of phenols is 1. The maximum atomic E-state index is 10.9. The fourth-order valence-electron chi connectivity index (χ4n) is 3.78. The van der Waals surface area contributed by atoms with E-state index in [1.807, 2.05) is 0 Å². The highest BCUT2D eigenvalue weighted by molar-refractivity contribution is 7.56. The Hall–Kier alpha value is -1.37. The van der Waals surface area contributed by atoms with E-state index in [0.717, 1.165) is 17.4 Å². The second-order valence-electron chi connectivity index (χ2n) is 8.52. The normalized spacial score (nSPS) is 16.5. The summed E-state index contributed by atoms with van der Waals surface area (Å²) in [7, 11) is 0.493. The predicted molar refractivity (Wildman–Crippen MR) is 115 cm³/mol. The van der Waals surface area contributed by atoms with Gasteiger partial charge in [0.05, 0.1) is 0 Å². The molecule has 2 nitrogen and oxygen atoms in total. The molecule has 2 aromatic rings. The molecule has 1 heterocycles. The first-order valence-corrected chi connectivity index (χ1v) is 10.8. The molecule has 2 aromatic carbocycles. The van der Waals surface area contributed by atoms with E-state index in [2.05, 4.69) is 69.0 Å². The number of piperidine rings is 1. The van der Waals surface area contributed by atoms with Crippen LogP contribution < -0.4 is 10.6 Å². The first kappa shape index (κ1) is 19.4. The molecule has 3 rings (SSSR count). The lowest BCUT2D eigenvalue weighted by atomic mass is 9.86. The number of rotatable bonds is 4. The van der Waals surface area contributed by atoms with Gasteiger partial charge in [0.15, 0.2) is 0 Å². The van der Waals surface area contributed by atoms with Crippen LogP contribution in [-0.4, -0.2) is 23.1 Å². The molecule has 3 heteroatoms. The number of nitrogens with zero attached hydrogens (tertiary/aromatic N) is 1. The van der Waals surface area contributed by atoms with E-state index in [1.165, 1.54) is 48.8 Å². The Balaban J connectivity index is 1.90. The number of benzene rings is 2. The third kappa shape index (κ3) is 4.48. The van der Waals surface area contributed by atoms with Crippen molar-refractivity contribution in [2.24, 2.45) is 0 Å². The second-order valence-corrected chi connectivity index (χ2v) is 9.81. The van der Waals surface area contributed by atoms with E-state index < -0.39 is 0 Å². The van der Waals surface area contributed by atoms with Crippen molar-refractivity contribution in [2.75, 3.05) is 13.1 Å². The van der Waals surface area contributed by atoms with Crippen molar-refractivity contribution >= 4 is 19.2 Å². The van der Waals surface area contributed by atoms with Crippen LogP contribution in [0.1, 0.15) is 56.7 Å². The number of phenolic OH excluding ortho intramolecular Hbond substituents is 1. The van der Waals surface area contributed by atoms with Crippen LogP contribution in [0.5, 0.6) is 5.75 Å². The van der Waals surface area contributed by atoms with Crippen LogP contribution in [-0.2, 0) is 12.0 Å². The number of hydrogen-bond donors (Lipinski definition) is 1. The third-order valence-electron chi connectivity index (χ3n) is 5.31. The van der Waals surface area contributed by atoms with Gasteiger partial charge in [0.2, 0.25) is 0 Å². The molecule has 0 aliphatic carbocycles. The van der Waals surface area contributed by atoms with Crippen LogP contribution in [0.3, 0.4) is 0 Å². The molecule has 140 valence electrons. The zero-order chi connectivity index (χ0) is 18.7. The van der Waals surface area contributed by atoms with E-state index in [-0.39, 0.29) is 5.41 Å². The number of likely N-dealkylation sites (tertiary alicyclic amines) is 1. The lowest BCUT2D eigenvalue weighted by molar-refractivity contribution is 0.221. The third-order valence-corrected chi connectivity index (χ3v) is 6.94. The Morgan fingerprint density at radius 3 is 2.38 bits per heavy atom. The first-order chi connectivity index (χ1) is 12.4. The molecule has 1 aliphatic rings. The van der Waals surface area contributed by atoms with Crippen LogP contribution in [0.15, 0.2) is 36.4 Å². The van der Waals surface area contributed by atoms with Crippen molar-refractivity contribution in [3.63, 3.8) is 0 Å². The SMILES string of the molecule is Cc1cccc(CN2CCCCC2)c1Pc1cccc(C(C)(C)C)c1O. The fourth-order valence-corrected chi connectivity index (χ4v) is 5.09. The van der Waals surface area contributed by atoms with Crippen LogP contribution in [0.2, 0.25) is 0 Å². The lowest BCUT2D eigenvalue weighted by Crippen LogP contribution is -2.31. The van der Waals surface area contributed by atoms with Gasteiger partial charge in [0.25, 0.3) is 0 Å². The molecule has 1 atom stereocenters. The molecule has 0 bridgehead atoms. The minimum Gasteiger partial charge on any atom is -0.507 e. The summed E-state index contributed by atoms with van der Waals surface area (Å²) in [6, 6.07) is 12.9. The van der Waals surface area contributed by atoms with Gasteiger partial charge in [0.1, 0.15) is 5.75 Å². The standard InChI is InChI=1S/C23H32NOP/c1-17-10-8-11-18(16-24-14-6-5-7-15-24)22(17)26-20-13-9-12-19(21(20)25)23(2,3)4/h8-13,25-26H,5-7,14-16H2,1-4H3. The van der Waals surface area contributed by atoms with Crippen LogP contribution in [0, 0.1) is 6.92 Å². The highest BCUT2D eigenvalue weighted by atomic mass is 31.1. The summed E-state index contributed by atoms with van der Waals surface area (Å²) in [5.41, 5.74) is 3.74. The number of aryl methyl sites for hydroxylation is 1. The van der Waals surface area contributed by atoms with Crippen molar-refractivity contribution in [3.8, 4) is 5.75 Å². The molecule has 0 spiro atoms. The first-order valence-electron chi connectivity index (χ1n) is 9.76. The van der Waals surface area contributed by atoms with Gasteiger partial charge < -0.3 is 5.11 Å². The van der Waals surface area contributed by atoms with Crippen molar-refractivity contribution < 1.29 is 5.11 Å². The fraction of sp³-hybridized carbons (Fsp3) is 0.478. The molecule has 1 N–H and O–H groups in total. The molecule has 1 fully saturated rings. The molecule has 0 aromatic heterocycles. The number of para-hydroxylation sites is 1. The molecule has 26 heavy (non-hydrogen) atoms. The summed E-state index contributed by atoms with van der Waals surface area (Å²) >= 11 is 0. The highest BCUT2D eigenvalue weighted by Gasteiger charge is 2.21. The van der Waals surface area contributed by atoms with E-state index in [0.29, 0.717) is 14.3 Å². The lowest BCUT2D eigenvalue weighted by Gasteiger charge is -2.28. The Bertz CT molecular complexity index is 757. The second kappa shape index (κ2) is 8.11. The summed E-state index contributed by atoms with van der Waals surface area (Å²) in [6.45, 7) is 12.1. The van der Waals surface area contributed by atoms with E-state index >= 15 is 0 Å². The molecular formula is C23H32NOP.